The summed E-state index contributed by atoms with van der Waals surface area (Å²) in [5.74, 6) is 0.0574. The van der Waals surface area contributed by atoms with Crippen molar-refractivity contribution >= 4 is 17.5 Å². The fraction of sp³-hybridized carbons (Fsp3) is 0.556. The van der Waals surface area contributed by atoms with Gasteiger partial charge in [0.15, 0.2) is 0 Å². The van der Waals surface area contributed by atoms with E-state index >= 15 is 0 Å². The molecule has 1 aliphatic rings. The van der Waals surface area contributed by atoms with E-state index in [0.29, 0.717) is 13.0 Å². The molecule has 0 aromatic heterocycles. The Bertz CT molecular complexity index is 520. The van der Waals surface area contributed by atoms with Crippen LogP contribution in [0.15, 0.2) is 30.3 Å². The lowest BCUT2D eigenvalue weighted by Crippen LogP contribution is -2.44. The zero-order valence-corrected chi connectivity index (χ0v) is 13.8. The molecule has 2 amide bonds. The molecule has 0 spiro atoms. The number of likely N-dealkylation sites (tertiary alicyclic amines) is 1. The standard InChI is InChI=1S/C18H26N2O2/c1-18(2,3)12-16(21)20-11-7-8-14(13-20)17(22)19-15-9-5-4-6-10-15/h4-6,9-10,14H,7-8,11-13H2,1-3H3,(H,19,22). The van der Waals surface area contributed by atoms with Crippen molar-refractivity contribution in [2.45, 2.75) is 40.0 Å². The van der Waals surface area contributed by atoms with E-state index in [0.717, 1.165) is 25.1 Å². The Morgan fingerprint density at radius 1 is 1.23 bits per heavy atom. The number of hydrogen-bond acceptors (Lipinski definition) is 2. The summed E-state index contributed by atoms with van der Waals surface area (Å²) in [5, 5.41) is 2.94. The number of rotatable bonds is 3. The Morgan fingerprint density at radius 2 is 1.91 bits per heavy atom. The number of nitrogens with one attached hydrogen (secondary N) is 1. The molecule has 1 aromatic carbocycles. The Morgan fingerprint density at radius 3 is 2.55 bits per heavy atom. The minimum Gasteiger partial charge on any atom is -0.342 e. The number of hydrogen-bond donors (Lipinski definition) is 1. The lowest BCUT2D eigenvalue weighted by Gasteiger charge is -2.33. The second-order valence-corrected chi connectivity index (χ2v) is 7.27. The fourth-order valence-corrected chi connectivity index (χ4v) is 2.75. The van der Waals surface area contributed by atoms with E-state index in [-0.39, 0.29) is 23.1 Å². The normalized spacial score (nSPS) is 18.9. The van der Waals surface area contributed by atoms with Crippen LogP contribution in [0, 0.1) is 11.3 Å². The van der Waals surface area contributed by atoms with E-state index in [1.165, 1.54) is 0 Å². The molecule has 1 saturated heterocycles. The highest BCUT2D eigenvalue weighted by atomic mass is 16.2. The van der Waals surface area contributed by atoms with Crippen LogP contribution in [0.1, 0.15) is 40.0 Å². The van der Waals surface area contributed by atoms with Crippen LogP contribution in [0.3, 0.4) is 0 Å². The van der Waals surface area contributed by atoms with Gasteiger partial charge in [-0.25, -0.2) is 0 Å². The van der Waals surface area contributed by atoms with Gasteiger partial charge in [0.1, 0.15) is 0 Å². The Hall–Kier alpha value is -1.84. The Balaban J connectivity index is 1.92. The van der Waals surface area contributed by atoms with Crippen LogP contribution >= 0.6 is 0 Å². The van der Waals surface area contributed by atoms with E-state index in [1.807, 2.05) is 35.2 Å². The predicted molar refractivity (Wildman–Crippen MR) is 88.4 cm³/mol. The van der Waals surface area contributed by atoms with Crippen LogP contribution in [0.2, 0.25) is 0 Å². The quantitative estimate of drug-likeness (QED) is 0.931. The highest BCUT2D eigenvalue weighted by molar-refractivity contribution is 5.93. The summed E-state index contributed by atoms with van der Waals surface area (Å²) >= 11 is 0. The summed E-state index contributed by atoms with van der Waals surface area (Å²) in [4.78, 5) is 26.6. The van der Waals surface area contributed by atoms with Gasteiger partial charge >= 0.3 is 0 Å². The minimum absolute atomic E-state index is 0.0134. The largest absolute Gasteiger partial charge is 0.342 e. The number of carbonyl (C=O) groups excluding carboxylic acids is 2. The van der Waals surface area contributed by atoms with Crippen molar-refractivity contribution in [3.05, 3.63) is 30.3 Å². The number of carbonyl (C=O) groups is 2. The minimum atomic E-state index is -0.113. The number of benzene rings is 1. The van der Waals surface area contributed by atoms with Gasteiger partial charge in [0.2, 0.25) is 11.8 Å². The molecule has 1 N–H and O–H groups in total. The maximum absolute atomic E-state index is 12.4. The molecule has 1 aliphatic heterocycles. The van der Waals surface area contributed by atoms with E-state index in [9.17, 15) is 9.59 Å². The second-order valence-electron chi connectivity index (χ2n) is 7.27. The smallest absolute Gasteiger partial charge is 0.229 e. The van der Waals surface area contributed by atoms with Gasteiger partial charge in [0, 0.05) is 25.2 Å². The van der Waals surface area contributed by atoms with Gasteiger partial charge in [0.05, 0.1) is 5.92 Å². The van der Waals surface area contributed by atoms with Crippen LogP contribution in [0.5, 0.6) is 0 Å². The molecule has 0 aliphatic carbocycles. The Kier molecular flexibility index (Phi) is 5.22. The third-order valence-corrected chi connectivity index (χ3v) is 3.87. The first-order chi connectivity index (χ1) is 10.3. The van der Waals surface area contributed by atoms with Gasteiger partial charge < -0.3 is 10.2 Å². The van der Waals surface area contributed by atoms with Crippen molar-refractivity contribution in [1.82, 2.24) is 4.90 Å². The average Bonchev–Trinajstić information content (AvgIpc) is 2.46. The number of nitrogens with zero attached hydrogens (tertiary/aromatic N) is 1. The summed E-state index contributed by atoms with van der Waals surface area (Å²) in [6, 6.07) is 9.47. The van der Waals surface area contributed by atoms with Crippen molar-refractivity contribution in [3.63, 3.8) is 0 Å². The number of anilines is 1. The monoisotopic (exact) mass is 302 g/mol. The SMILES string of the molecule is CC(C)(C)CC(=O)N1CCCC(C(=O)Nc2ccccc2)C1. The summed E-state index contributed by atoms with van der Waals surface area (Å²) in [6.07, 6.45) is 2.26. The zero-order valence-electron chi connectivity index (χ0n) is 13.8. The number of para-hydroxylation sites is 1. The summed E-state index contributed by atoms with van der Waals surface area (Å²) in [7, 11) is 0. The van der Waals surface area contributed by atoms with Crippen LogP contribution < -0.4 is 5.32 Å². The first-order valence-electron chi connectivity index (χ1n) is 7.99. The lowest BCUT2D eigenvalue weighted by atomic mass is 9.90. The van der Waals surface area contributed by atoms with Gasteiger partial charge in [-0.15, -0.1) is 0 Å². The van der Waals surface area contributed by atoms with Crippen molar-refractivity contribution in [3.8, 4) is 0 Å². The number of amides is 2. The van der Waals surface area contributed by atoms with Gasteiger partial charge in [-0.1, -0.05) is 39.0 Å². The molecule has 120 valence electrons. The van der Waals surface area contributed by atoms with Gasteiger partial charge in [-0.05, 0) is 30.4 Å². The Labute approximate surface area is 132 Å². The summed E-state index contributed by atoms with van der Waals surface area (Å²) < 4.78 is 0. The van der Waals surface area contributed by atoms with Crippen molar-refractivity contribution in [2.24, 2.45) is 11.3 Å². The van der Waals surface area contributed by atoms with Crippen LogP contribution in [0.4, 0.5) is 5.69 Å². The molecule has 22 heavy (non-hydrogen) atoms. The van der Waals surface area contributed by atoms with E-state index in [2.05, 4.69) is 26.1 Å². The molecule has 4 heteroatoms. The topological polar surface area (TPSA) is 49.4 Å². The van der Waals surface area contributed by atoms with Crippen molar-refractivity contribution in [1.29, 1.82) is 0 Å². The summed E-state index contributed by atoms with van der Waals surface area (Å²) in [5.41, 5.74) is 0.793. The maximum atomic E-state index is 12.4. The zero-order chi connectivity index (χ0) is 16.2. The van der Waals surface area contributed by atoms with Gasteiger partial charge in [-0.3, -0.25) is 9.59 Å². The lowest BCUT2D eigenvalue weighted by molar-refractivity contribution is -0.136. The molecule has 0 bridgehead atoms. The molecule has 0 radical (unpaired) electrons. The first-order valence-corrected chi connectivity index (χ1v) is 7.99. The van der Waals surface area contributed by atoms with Crippen LogP contribution in [0.25, 0.3) is 0 Å². The molecule has 2 rings (SSSR count). The highest BCUT2D eigenvalue weighted by Crippen LogP contribution is 2.24. The molecule has 1 heterocycles. The molecule has 0 saturated carbocycles. The molecule has 1 fully saturated rings. The molecule has 1 aromatic rings. The van der Waals surface area contributed by atoms with Crippen molar-refractivity contribution in [2.75, 3.05) is 18.4 Å². The maximum Gasteiger partial charge on any atom is 0.229 e. The van der Waals surface area contributed by atoms with Gasteiger partial charge in [0.25, 0.3) is 0 Å². The predicted octanol–water partition coefficient (Wildman–Crippen LogP) is 3.30. The highest BCUT2D eigenvalue weighted by Gasteiger charge is 2.30. The van der Waals surface area contributed by atoms with E-state index in [4.69, 9.17) is 0 Å². The van der Waals surface area contributed by atoms with Gasteiger partial charge in [-0.2, -0.15) is 0 Å². The fourth-order valence-electron chi connectivity index (χ4n) is 2.75. The third-order valence-electron chi connectivity index (χ3n) is 3.87. The molecule has 1 atom stereocenters. The average molecular weight is 302 g/mol. The third kappa shape index (κ3) is 4.86. The molecular formula is C18H26N2O2. The van der Waals surface area contributed by atoms with Crippen molar-refractivity contribution < 1.29 is 9.59 Å². The second kappa shape index (κ2) is 6.95. The molecule has 4 nitrogen and oxygen atoms in total. The first kappa shape index (κ1) is 16.5. The van der Waals surface area contributed by atoms with Crippen LogP contribution in [-0.2, 0) is 9.59 Å². The molecular weight excluding hydrogens is 276 g/mol. The van der Waals surface area contributed by atoms with Crippen LogP contribution in [-0.4, -0.2) is 29.8 Å². The number of piperidine rings is 1. The van der Waals surface area contributed by atoms with E-state index in [1.54, 1.807) is 0 Å². The van der Waals surface area contributed by atoms with E-state index < -0.39 is 0 Å². The molecule has 1 unspecified atom stereocenters. The summed E-state index contributed by atoms with van der Waals surface area (Å²) in [6.45, 7) is 7.49.